The van der Waals surface area contributed by atoms with E-state index in [-0.39, 0.29) is 23.8 Å². The average molecular weight is 362 g/mol. The fourth-order valence-electron chi connectivity index (χ4n) is 2.94. The van der Waals surface area contributed by atoms with Gasteiger partial charge in [0, 0.05) is 19.3 Å². The molecule has 0 radical (unpaired) electrons. The van der Waals surface area contributed by atoms with Crippen molar-refractivity contribution in [2.24, 2.45) is 5.41 Å². The SMILES string of the molecule is CC1(C)C(=O)Nc2nc(OCCCCOC3CCCCO3)ccc2C1=O. The third-order valence-corrected chi connectivity index (χ3v) is 4.71. The van der Waals surface area contributed by atoms with Crippen molar-refractivity contribution in [3.8, 4) is 5.88 Å². The lowest BCUT2D eigenvalue weighted by molar-refractivity contribution is -0.162. The van der Waals surface area contributed by atoms with Gasteiger partial charge in [-0.25, -0.2) is 0 Å². The summed E-state index contributed by atoms with van der Waals surface area (Å²) >= 11 is 0. The zero-order chi connectivity index (χ0) is 18.6. The first-order valence-corrected chi connectivity index (χ1v) is 9.22. The molecular formula is C19H26N2O5. The average Bonchev–Trinajstić information content (AvgIpc) is 2.64. The number of anilines is 1. The third-order valence-electron chi connectivity index (χ3n) is 4.71. The van der Waals surface area contributed by atoms with E-state index in [9.17, 15) is 9.59 Å². The summed E-state index contributed by atoms with van der Waals surface area (Å²) < 4.78 is 16.8. The van der Waals surface area contributed by atoms with Crippen LogP contribution in [0.1, 0.15) is 56.3 Å². The van der Waals surface area contributed by atoms with Crippen LogP contribution in [0, 0.1) is 5.41 Å². The molecule has 1 aromatic heterocycles. The van der Waals surface area contributed by atoms with Gasteiger partial charge in [-0.2, -0.15) is 4.98 Å². The van der Waals surface area contributed by atoms with E-state index in [0.717, 1.165) is 38.7 Å². The summed E-state index contributed by atoms with van der Waals surface area (Å²) in [5.74, 6) is 0.0989. The fourth-order valence-corrected chi connectivity index (χ4v) is 2.94. The largest absolute Gasteiger partial charge is 0.478 e. The summed E-state index contributed by atoms with van der Waals surface area (Å²) in [6.07, 6.45) is 4.88. The first kappa shape index (κ1) is 18.8. The van der Waals surface area contributed by atoms with Crippen molar-refractivity contribution < 1.29 is 23.8 Å². The lowest BCUT2D eigenvalue weighted by Gasteiger charge is -2.28. The van der Waals surface area contributed by atoms with Gasteiger partial charge in [-0.1, -0.05) is 0 Å². The molecular weight excluding hydrogens is 336 g/mol. The van der Waals surface area contributed by atoms with E-state index in [1.165, 1.54) is 0 Å². The Labute approximate surface area is 153 Å². The van der Waals surface area contributed by atoms with Gasteiger partial charge < -0.3 is 19.5 Å². The number of unbranched alkanes of at least 4 members (excludes halogenated alkanes) is 1. The maximum absolute atomic E-state index is 12.4. The highest BCUT2D eigenvalue weighted by Crippen LogP contribution is 2.33. The minimum atomic E-state index is -1.07. The van der Waals surface area contributed by atoms with Crippen LogP contribution >= 0.6 is 0 Å². The Morgan fingerprint density at radius 3 is 2.81 bits per heavy atom. The summed E-state index contributed by atoms with van der Waals surface area (Å²) in [4.78, 5) is 28.6. The quantitative estimate of drug-likeness (QED) is 0.593. The lowest BCUT2D eigenvalue weighted by atomic mass is 9.81. The molecule has 0 saturated carbocycles. The number of nitrogens with zero attached hydrogens (tertiary/aromatic N) is 1. The molecule has 1 aromatic rings. The van der Waals surface area contributed by atoms with Crippen LogP contribution in [0.2, 0.25) is 0 Å². The van der Waals surface area contributed by atoms with E-state index in [2.05, 4.69) is 10.3 Å². The second-order valence-corrected chi connectivity index (χ2v) is 7.18. The Hall–Kier alpha value is -1.99. The maximum Gasteiger partial charge on any atom is 0.239 e. The van der Waals surface area contributed by atoms with E-state index < -0.39 is 5.41 Å². The van der Waals surface area contributed by atoms with E-state index in [0.29, 0.717) is 24.7 Å². The van der Waals surface area contributed by atoms with Gasteiger partial charge in [-0.3, -0.25) is 9.59 Å². The molecule has 1 atom stereocenters. The summed E-state index contributed by atoms with van der Waals surface area (Å²) in [5.41, 5.74) is -0.651. The van der Waals surface area contributed by atoms with Crippen LogP contribution in [-0.2, 0) is 14.3 Å². The van der Waals surface area contributed by atoms with Gasteiger partial charge in [0.25, 0.3) is 0 Å². The Bertz CT molecular complexity index is 668. The Balaban J connectivity index is 1.43. The third kappa shape index (κ3) is 4.22. The predicted molar refractivity (Wildman–Crippen MR) is 95.3 cm³/mol. The number of pyridine rings is 1. The standard InChI is InChI=1S/C19H26N2O5/c1-19(2)16(22)13-8-9-14(20-17(13)21-18(19)23)24-10-5-6-12-26-15-7-3-4-11-25-15/h8-9,15H,3-7,10-12H2,1-2H3,(H,20,21,23). The highest BCUT2D eigenvalue weighted by atomic mass is 16.7. The van der Waals surface area contributed by atoms with E-state index in [1.807, 2.05) is 0 Å². The molecule has 7 heteroatoms. The molecule has 0 bridgehead atoms. The summed E-state index contributed by atoms with van der Waals surface area (Å²) in [6, 6.07) is 3.32. The number of ketones is 1. The molecule has 1 amide bonds. The highest BCUT2D eigenvalue weighted by Gasteiger charge is 2.42. The number of hydrogen-bond acceptors (Lipinski definition) is 6. The summed E-state index contributed by atoms with van der Waals surface area (Å²) in [6.45, 7) is 5.14. The number of Topliss-reactive ketones (excluding diaryl/α,β-unsaturated/α-hetero) is 1. The number of fused-ring (bicyclic) bond motifs is 1. The van der Waals surface area contributed by atoms with E-state index in [4.69, 9.17) is 14.2 Å². The van der Waals surface area contributed by atoms with Crippen molar-refractivity contribution in [1.82, 2.24) is 4.98 Å². The number of rotatable bonds is 7. The van der Waals surface area contributed by atoms with Crippen molar-refractivity contribution in [3.63, 3.8) is 0 Å². The molecule has 142 valence electrons. The van der Waals surface area contributed by atoms with Gasteiger partial charge in [0.05, 0.1) is 12.2 Å². The molecule has 1 fully saturated rings. The van der Waals surface area contributed by atoms with Gasteiger partial charge in [-0.15, -0.1) is 0 Å². The number of nitrogens with one attached hydrogen (secondary N) is 1. The van der Waals surface area contributed by atoms with Crippen molar-refractivity contribution >= 4 is 17.5 Å². The number of carbonyl (C=O) groups excluding carboxylic acids is 2. The van der Waals surface area contributed by atoms with Crippen molar-refractivity contribution in [3.05, 3.63) is 17.7 Å². The molecule has 1 N–H and O–H groups in total. The smallest absolute Gasteiger partial charge is 0.239 e. The van der Waals surface area contributed by atoms with E-state index >= 15 is 0 Å². The predicted octanol–water partition coefficient (Wildman–Crippen LogP) is 2.94. The van der Waals surface area contributed by atoms with Crippen molar-refractivity contribution in [2.45, 2.75) is 52.2 Å². The summed E-state index contributed by atoms with van der Waals surface area (Å²) in [7, 11) is 0. The van der Waals surface area contributed by atoms with Crippen LogP contribution in [0.3, 0.4) is 0 Å². The normalized spacial score (nSPS) is 21.8. The molecule has 1 unspecified atom stereocenters. The molecule has 26 heavy (non-hydrogen) atoms. The Kier molecular flexibility index (Phi) is 5.88. The van der Waals surface area contributed by atoms with Crippen molar-refractivity contribution in [1.29, 1.82) is 0 Å². The van der Waals surface area contributed by atoms with Gasteiger partial charge in [0.1, 0.15) is 11.2 Å². The molecule has 3 heterocycles. The van der Waals surface area contributed by atoms with Crippen LogP contribution in [0.4, 0.5) is 5.82 Å². The Morgan fingerprint density at radius 2 is 2.04 bits per heavy atom. The topological polar surface area (TPSA) is 86.8 Å². The van der Waals surface area contributed by atoms with Crippen molar-refractivity contribution in [2.75, 3.05) is 25.1 Å². The molecule has 3 rings (SSSR count). The second-order valence-electron chi connectivity index (χ2n) is 7.18. The monoisotopic (exact) mass is 362 g/mol. The van der Waals surface area contributed by atoms with Gasteiger partial charge in [-0.05, 0) is 52.0 Å². The highest BCUT2D eigenvalue weighted by molar-refractivity contribution is 6.22. The van der Waals surface area contributed by atoms with Crippen LogP contribution < -0.4 is 10.1 Å². The Morgan fingerprint density at radius 1 is 1.23 bits per heavy atom. The van der Waals surface area contributed by atoms with Crippen LogP contribution in [-0.4, -0.2) is 42.8 Å². The number of ether oxygens (including phenoxy) is 3. The van der Waals surface area contributed by atoms with E-state index in [1.54, 1.807) is 26.0 Å². The van der Waals surface area contributed by atoms with Gasteiger partial charge in [0.2, 0.25) is 11.8 Å². The zero-order valence-corrected chi connectivity index (χ0v) is 15.4. The minimum Gasteiger partial charge on any atom is -0.478 e. The number of amides is 1. The first-order valence-electron chi connectivity index (χ1n) is 9.22. The molecule has 2 aliphatic heterocycles. The number of hydrogen-bond donors (Lipinski definition) is 1. The maximum atomic E-state index is 12.4. The summed E-state index contributed by atoms with van der Waals surface area (Å²) in [5, 5.41) is 2.68. The molecule has 1 saturated heterocycles. The lowest BCUT2D eigenvalue weighted by Crippen LogP contribution is -2.42. The van der Waals surface area contributed by atoms with Gasteiger partial charge in [0.15, 0.2) is 12.1 Å². The molecule has 2 aliphatic rings. The van der Waals surface area contributed by atoms with Gasteiger partial charge >= 0.3 is 0 Å². The zero-order valence-electron chi connectivity index (χ0n) is 15.4. The van der Waals surface area contributed by atoms with Crippen LogP contribution in [0.5, 0.6) is 5.88 Å². The minimum absolute atomic E-state index is 0.0580. The fraction of sp³-hybridized carbons (Fsp3) is 0.632. The molecule has 0 aliphatic carbocycles. The van der Waals surface area contributed by atoms with Crippen LogP contribution in [0.25, 0.3) is 0 Å². The molecule has 0 spiro atoms. The molecule has 0 aromatic carbocycles. The number of carbonyl (C=O) groups is 2. The first-order chi connectivity index (χ1) is 12.5. The molecule has 7 nitrogen and oxygen atoms in total. The van der Waals surface area contributed by atoms with Crippen LogP contribution in [0.15, 0.2) is 12.1 Å². The number of aromatic nitrogens is 1. The second kappa shape index (κ2) is 8.14.